The van der Waals surface area contributed by atoms with Gasteiger partial charge >= 0.3 is 5.69 Å². The number of aromatic nitrogens is 5. The minimum atomic E-state index is -0.305. The standard InChI is InChI=1S/C7H7ClN6OS/c1-14-6(15)12-13-7(14)16-4-3(8)2-10-5(9)11-4/h2H,1H3,(H,12,15)(H2,9,10,11). The molecule has 0 bridgehead atoms. The molecule has 0 aromatic carbocycles. The number of halogens is 1. The number of nitrogens with one attached hydrogen (secondary N) is 1. The number of H-pyrrole nitrogens is 1. The van der Waals surface area contributed by atoms with Gasteiger partial charge in [0.25, 0.3) is 0 Å². The van der Waals surface area contributed by atoms with Crippen LogP contribution in [0.15, 0.2) is 21.2 Å². The van der Waals surface area contributed by atoms with Gasteiger partial charge in [-0.25, -0.2) is 19.9 Å². The monoisotopic (exact) mass is 258 g/mol. The lowest BCUT2D eigenvalue weighted by molar-refractivity contribution is 0.764. The van der Waals surface area contributed by atoms with Crippen LogP contribution in [0.5, 0.6) is 0 Å². The van der Waals surface area contributed by atoms with E-state index in [1.54, 1.807) is 7.05 Å². The summed E-state index contributed by atoms with van der Waals surface area (Å²) in [6.45, 7) is 0. The number of nitrogen functional groups attached to an aromatic ring is 1. The van der Waals surface area contributed by atoms with Crippen LogP contribution in [0.25, 0.3) is 0 Å². The van der Waals surface area contributed by atoms with Gasteiger partial charge in [0.05, 0.1) is 11.2 Å². The minimum Gasteiger partial charge on any atom is -0.368 e. The van der Waals surface area contributed by atoms with Crippen LogP contribution in [0, 0.1) is 0 Å². The molecule has 9 heteroatoms. The molecule has 0 aliphatic heterocycles. The van der Waals surface area contributed by atoms with Gasteiger partial charge in [-0.2, -0.15) is 0 Å². The van der Waals surface area contributed by atoms with Gasteiger partial charge < -0.3 is 5.73 Å². The van der Waals surface area contributed by atoms with Gasteiger partial charge in [-0.3, -0.25) is 4.57 Å². The summed E-state index contributed by atoms with van der Waals surface area (Å²) < 4.78 is 1.35. The highest BCUT2D eigenvalue weighted by molar-refractivity contribution is 7.99. The fraction of sp³-hybridized carbons (Fsp3) is 0.143. The predicted octanol–water partition coefficient (Wildman–Crippen LogP) is 0.285. The summed E-state index contributed by atoms with van der Waals surface area (Å²) in [5.74, 6) is 0.118. The van der Waals surface area contributed by atoms with Gasteiger partial charge in [0.2, 0.25) is 5.95 Å². The smallest absolute Gasteiger partial charge is 0.343 e. The molecule has 0 aliphatic rings. The zero-order valence-electron chi connectivity index (χ0n) is 8.14. The minimum absolute atomic E-state index is 0.118. The average molecular weight is 259 g/mol. The molecule has 0 spiro atoms. The van der Waals surface area contributed by atoms with Crippen molar-refractivity contribution < 1.29 is 0 Å². The third-order valence-corrected chi connectivity index (χ3v) is 3.20. The van der Waals surface area contributed by atoms with Crippen LogP contribution in [0.1, 0.15) is 0 Å². The summed E-state index contributed by atoms with van der Waals surface area (Å²) in [5, 5.41) is 7.38. The van der Waals surface area contributed by atoms with Crippen LogP contribution in [0.4, 0.5) is 5.95 Å². The highest BCUT2D eigenvalue weighted by Gasteiger charge is 2.11. The molecule has 84 valence electrons. The lowest BCUT2D eigenvalue weighted by atomic mass is 10.7. The SMILES string of the molecule is Cn1c(Sc2nc(N)ncc2Cl)n[nH]c1=O. The average Bonchev–Trinajstić information content (AvgIpc) is 2.55. The second-order valence-electron chi connectivity index (χ2n) is 2.85. The molecule has 2 aromatic rings. The molecule has 2 heterocycles. The van der Waals surface area contributed by atoms with Gasteiger partial charge in [0.15, 0.2) is 5.16 Å². The lowest BCUT2D eigenvalue weighted by Gasteiger charge is -2.01. The van der Waals surface area contributed by atoms with E-state index >= 15 is 0 Å². The van der Waals surface area contributed by atoms with Crippen molar-refractivity contribution in [3.8, 4) is 0 Å². The second kappa shape index (κ2) is 4.14. The molecule has 3 N–H and O–H groups in total. The first-order chi connectivity index (χ1) is 7.58. The van der Waals surface area contributed by atoms with Gasteiger partial charge in [-0.1, -0.05) is 11.6 Å². The normalized spacial score (nSPS) is 10.6. The number of hydrogen-bond acceptors (Lipinski definition) is 6. The zero-order chi connectivity index (χ0) is 11.7. The van der Waals surface area contributed by atoms with Crippen molar-refractivity contribution >= 4 is 29.3 Å². The van der Waals surface area contributed by atoms with Crippen LogP contribution < -0.4 is 11.4 Å². The third-order valence-electron chi connectivity index (χ3n) is 1.76. The molecule has 0 aliphatic carbocycles. The van der Waals surface area contributed by atoms with E-state index in [1.165, 1.54) is 10.8 Å². The van der Waals surface area contributed by atoms with Crippen molar-refractivity contribution in [2.75, 3.05) is 5.73 Å². The quantitative estimate of drug-likeness (QED) is 0.751. The first-order valence-electron chi connectivity index (χ1n) is 4.15. The number of nitrogens with two attached hydrogens (primary N) is 1. The van der Waals surface area contributed by atoms with Gasteiger partial charge in [0, 0.05) is 7.05 Å². The lowest BCUT2D eigenvalue weighted by Crippen LogP contribution is -2.12. The van der Waals surface area contributed by atoms with Crippen molar-refractivity contribution in [2.45, 2.75) is 10.2 Å². The Balaban J connectivity index is 2.37. The fourth-order valence-corrected chi connectivity index (χ4v) is 1.93. The number of aromatic amines is 1. The highest BCUT2D eigenvalue weighted by Crippen LogP contribution is 2.29. The van der Waals surface area contributed by atoms with E-state index in [2.05, 4.69) is 20.2 Å². The van der Waals surface area contributed by atoms with Crippen LogP contribution in [-0.2, 0) is 7.05 Å². The molecule has 0 amide bonds. The Hall–Kier alpha value is -1.54. The van der Waals surface area contributed by atoms with E-state index in [-0.39, 0.29) is 11.6 Å². The van der Waals surface area contributed by atoms with E-state index < -0.39 is 0 Å². The molecule has 0 fully saturated rings. The van der Waals surface area contributed by atoms with Gasteiger partial charge in [-0.15, -0.1) is 5.10 Å². The number of nitrogens with zero attached hydrogens (tertiary/aromatic N) is 4. The maximum atomic E-state index is 11.1. The topological polar surface area (TPSA) is 102 Å². The molecular formula is C7H7ClN6OS. The molecule has 0 radical (unpaired) electrons. The molecule has 0 saturated heterocycles. The van der Waals surface area contributed by atoms with Crippen molar-refractivity contribution in [2.24, 2.45) is 7.05 Å². The van der Waals surface area contributed by atoms with Crippen molar-refractivity contribution in [1.82, 2.24) is 24.7 Å². The van der Waals surface area contributed by atoms with Crippen molar-refractivity contribution in [3.05, 3.63) is 21.7 Å². The molecule has 0 saturated carbocycles. The predicted molar refractivity (Wildman–Crippen MR) is 59.4 cm³/mol. The summed E-state index contributed by atoms with van der Waals surface area (Å²) in [6.07, 6.45) is 1.40. The maximum Gasteiger partial charge on any atom is 0.343 e. The van der Waals surface area contributed by atoms with Crippen LogP contribution in [0.3, 0.4) is 0 Å². The van der Waals surface area contributed by atoms with Gasteiger partial charge in [0.1, 0.15) is 5.03 Å². The Morgan fingerprint density at radius 2 is 2.38 bits per heavy atom. The number of hydrogen-bond donors (Lipinski definition) is 2. The van der Waals surface area contributed by atoms with Crippen molar-refractivity contribution in [3.63, 3.8) is 0 Å². The van der Waals surface area contributed by atoms with E-state index in [4.69, 9.17) is 17.3 Å². The van der Waals surface area contributed by atoms with Crippen LogP contribution in [-0.4, -0.2) is 24.7 Å². The highest BCUT2D eigenvalue weighted by atomic mass is 35.5. The first-order valence-corrected chi connectivity index (χ1v) is 5.34. The molecular weight excluding hydrogens is 252 g/mol. The molecule has 16 heavy (non-hydrogen) atoms. The third kappa shape index (κ3) is 2.02. The molecule has 0 atom stereocenters. The Kier molecular flexibility index (Phi) is 2.84. The molecule has 2 aromatic heterocycles. The van der Waals surface area contributed by atoms with Crippen molar-refractivity contribution in [1.29, 1.82) is 0 Å². The summed E-state index contributed by atoms with van der Waals surface area (Å²) in [4.78, 5) is 18.8. The number of anilines is 1. The molecule has 7 nitrogen and oxygen atoms in total. The zero-order valence-corrected chi connectivity index (χ0v) is 9.71. The van der Waals surface area contributed by atoms with Crippen LogP contribution >= 0.6 is 23.4 Å². The van der Waals surface area contributed by atoms with Gasteiger partial charge in [-0.05, 0) is 11.8 Å². The second-order valence-corrected chi connectivity index (χ2v) is 4.22. The Morgan fingerprint density at radius 3 is 3.00 bits per heavy atom. The molecule has 2 rings (SSSR count). The first kappa shape index (κ1) is 11.0. The molecule has 0 unspecified atom stereocenters. The maximum absolute atomic E-state index is 11.1. The number of rotatable bonds is 2. The Bertz CT molecular complexity index is 578. The summed E-state index contributed by atoms with van der Waals surface area (Å²) >= 11 is 7.01. The summed E-state index contributed by atoms with van der Waals surface area (Å²) in [7, 11) is 1.59. The summed E-state index contributed by atoms with van der Waals surface area (Å²) in [6, 6.07) is 0. The Morgan fingerprint density at radius 1 is 1.62 bits per heavy atom. The van der Waals surface area contributed by atoms with E-state index in [0.717, 1.165) is 11.8 Å². The van der Waals surface area contributed by atoms with E-state index in [1.807, 2.05) is 0 Å². The summed E-state index contributed by atoms with van der Waals surface area (Å²) in [5.41, 5.74) is 5.13. The van der Waals surface area contributed by atoms with E-state index in [9.17, 15) is 4.79 Å². The van der Waals surface area contributed by atoms with Crippen LogP contribution in [0.2, 0.25) is 5.02 Å². The Labute approximate surface area is 99.0 Å². The fourth-order valence-electron chi connectivity index (χ4n) is 0.946. The largest absolute Gasteiger partial charge is 0.368 e. The van der Waals surface area contributed by atoms with E-state index in [0.29, 0.717) is 15.2 Å².